The third-order valence-corrected chi connectivity index (χ3v) is 3.48. The van der Waals surface area contributed by atoms with Gasteiger partial charge >= 0.3 is 11.9 Å². The number of carbonyl (C=O) groups is 2. The third kappa shape index (κ3) is 3.71. The Bertz CT molecular complexity index is 648. The van der Waals surface area contributed by atoms with Gasteiger partial charge in [-0.1, -0.05) is 6.07 Å². The summed E-state index contributed by atoms with van der Waals surface area (Å²) in [6, 6.07) is 2.77. The summed E-state index contributed by atoms with van der Waals surface area (Å²) in [4.78, 5) is 33.1. The van der Waals surface area contributed by atoms with Gasteiger partial charge in [0.2, 0.25) is 6.04 Å². The fourth-order valence-electron chi connectivity index (χ4n) is 1.84. The number of hydrogen-bond donors (Lipinski definition) is 2. The van der Waals surface area contributed by atoms with Crippen LogP contribution >= 0.6 is 0 Å². The number of hydrogen-bond acceptors (Lipinski definition) is 8. The van der Waals surface area contributed by atoms with Crippen molar-refractivity contribution in [1.29, 1.82) is 0 Å². The lowest BCUT2D eigenvalue weighted by Crippen LogP contribution is -2.64. The molecule has 0 aliphatic heterocycles. The monoisotopic (exact) mass is 342 g/mol. The molecule has 1 aromatic carbocycles. The van der Waals surface area contributed by atoms with Gasteiger partial charge in [0, 0.05) is 11.8 Å². The minimum atomic E-state index is -2.79. The van der Waals surface area contributed by atoms with Crippen LogP contribution in [0.15, 0.2) is 18.2 Å². The second-order valence-corrected chi connectivity index (χ2v) is 4.90. The Morgan fingerprint density at radius 1 is 1.33 bits per heavy atom. The zero-order valence-corrected chi connectivity index (χ0v) is 13.3. The van der Waals surface area contributed by atoms with Gasteiger partial charge in [-0.3, -0.25) is 10.1 Å². The van der Waals surface area contributed by atoms with E-state index in [1.54, 1.807) is 12.1 Å². The highest BCUT2D eigenvalue weighted by molar-refractivity contribution is 6.04. The molecule has 0 amide bonds. The topological polar surface area (TPSA) is 151 Å². The molecule has 0 aromatic heterocycles. The lowest BCUT2D eigenvalue weighted by Gasteiger charge is -2.23. The van der Waals surface area contributed by atoms with Crippen molar-refractivity contribution in [2.45, 2.75) is 25.1 Å². The van der Waals surface area contributed by atoms with Crippen molar-refractivity contribution >= 4 is 11.9 Å². The Kier molecular flexibility index (Phi) is 6.07. The van der Waals surface area contributed by atoms with E-state index in [0.717, 1.165) is 6.92 Å². The fraction of sp³-hybridized carbons (Fsp3) is 0.429. The number of methoxy groups -OCH3 is 2. The van der Waals surface area contributed by atoms with E-state index in [1.807, 2.05) is 0 Å². The average molecular weight is 342 g/mol. The SMILES string of the molecule is COc1ccc(COC(=O)[C@](N)(C(=O)O)C(C)[N+](=O)[O-])cc1OC. The number of aliphatic carboxylic acids is 1. The number of nitrogens with two attached hydrogens (primary N) is 1. The molecule has 24 heavy (non-hydrogen) atoms. The molecule has 1 aromatic rings. The van der Waals surface area contributed by atoms with Crippen molar-refractivity contribution in [2.24, 2.45) is 5.73 Å². The van der Waals surface area contributed by atoms with Crippen LogP contribution < -0.4 is 15.2 Å². The van der Waals surface area contributed by atoms with Crippen LogP contribution in [0.5, 0.6) is 11.5 Å². The van der Waals surface area contributed by atoms with Gasteiger partial charge in [-0.25, -0.2) is 9.59 Å². The van der Waals surface area contributed by atoms with E-state index >= 15 is 0 Å². The third-order valence-electron chi connectivity index (χ3n) is 3.48. The highest BCUT2D eigenvalue weighted by Crippen LogP contribution is 2.28. The maximum Gasteiger partial charge on any atom is 0.345 e. The number of benzene rings is 1. The van der Waals surface area contributed by atoms with Gasteiger partial charge in [0.1, 0.15) is 6.61 Å². The van der Waals surface area contributed by atoms with Crippen molar-refractivity contribution < 1.29 is 33.8 Å². The predicted octanol–water partition coefficient (Wildman–Crippen LogP) is 0.194. The number of rotatable bonds is 8. The first-order chi connectivity index (χ1) is 11.2. The molecular weight excluding hydrogens is 324 g/mol. The zero-order chi connectivity index (χ0) is 18.5. The fourth-order valence-corrected chi connectivity index (χ4v) is 1.84. The molecule has 3 N–H and O–H groups in total. The van der Waals surface area contributed by atoms with Gasteiger partial charge < -0.3 is 25.1 Å². The molecule has 0 bridgehead atoms. The number of carboxylic acid groups (broad SMARTS) is 1. The second kappa shape index (κ2) is 7.59. The van der Waals surface area contributed by atoms with Gasteiger partial charge in [0.05, 0.1) is 14.2 Å². The Hall–Kier alpha value is -2.88. The van der Waals surface area contributed by atoms with Crippen molar-refractivity contribution in [3.8, 4) is 11.5 Å². The van der Waals surface area contributed by atoms with E-state index < -0.39 is 28.4 Å². The predicted molar refractivity (Wildman–Crippen MR) is 80.4 cm³/mol. The second-order valence-electron chi connectivity index (χ2n) is 4.90. The Balaban J connectivity index is 2.94. The first kappa shape index (κ1) is 19.2. The Morgan fingerprint density at radius 3 is 2.38 bits per heavy atom. The minimum absolute atomic E-state index is 0.337. The largest absolute Gasteiger partial charge is 0.493 e. The van der Waals surface area contributed by atoms with Gasteiger partial charge in [-0.15, -0.1) is 0 Å². The van der Waals surface area contributed by atoms with Crippen LogP contribution in [-0.2, 0) is 20.9 Å². The van der Waals surface area contributed by atoms with Crippen molar-refractivity contribution in [1.82, 2.24) is 0 Å². The first-order valence-corrected chi connectivity index (χ1v) is 6.72. The molecule has 0 aliphatic carbocycles. The molecule has 0 spiro atoms. The van der Waals surface area contributed by atoms with E-state index in [9.17, 15) is 19.7 Å². The van der Waals surface area contributed by atoms with Crippen LogP contribution in [0.2, 0.25) is 0 Å². The summed E-state index contributed by atoms with van der Waals surface area (Å²) in [5.41, 5.74) is 3.10. The van der Waals surface area contributed by atoms with Crippen LogP contribution in [0.25, 0.3) is 0 Å². The molecule has 132 valence electrons. The summed E-state index contributed by atoms with van der Waals surface area (Å²) in [5, 5.41) is 19.9. The Labute approximate surface area is 137 Å². The van der Waals surface area contributed by atoms with Gasteiger partial charge in [0.15, 0.2) is 11.5 Å². The standard InChI is InChI=1S/C14H18N2O8/c1-8(16(20)21)14(15,12(17)18)13(19)24-7-9-4-5-10(22-2)11(6-9)23-3/h4-6,8H,7,15H2,1-3H3,(H,17,18)/t8?,14-/m1/s1. The van der Waals surface area contributed by atoms with E-state index in [4.69, 9.17) is 25.1 Å². The number of carboxylic acids is 1. The molecule has 0 heterocycles. The van der Waals surface area contributed by atoms with E-state index in [-0.39, 0.29) is 6.61 Å². The van der Waals surface area contributed by atoms with E-state index in [2.05, 4.69) is 0 Å². The summed E-state index contributed by atoms with van der Waals surface area (Å²) >= 11 is 0. The lowest BCUT2D eigenvalue weighted by molar-refractivity contribution is -0.524. The molecule has 1 rings (SSSR count). The molecule has 0 saturated heterocycles. The highest BCUT2D eigenvalue weighted by atomic mass is 16.6. The number of carbonyl (C=O) groups excluding carboxylic acids is 1. The van der Waals surface area contributed by atoms with Crippen LogP contribution in [0, 0.1) is 10.1 Å². The number of ether oxygens (including phenoxy) is 3. The maximum atomic E-state index is 12.0. The number of nitrogens with zero attached hydrogens (tertiary/aromatic N) is 1. The number of esters is 1. The molecule has 10 nitrogen and oxygen atoms in total. The van der Waals surface area contributed by atoms with Gasteiger partial charge in [-0.05, 0) is 17.7 Å². The summed E-state index contributed by atoms with van der Waals surface area (Å²) in [6.07, 6.45) is 0. The number of nitro groups is 1. The van der Waals surface area contributed by atoms with Crippen LogP contribution in [-0.4, -0.2) is 47.8 Å². The Morgan fingerprint density at radius 2 is 1.92 bits per heavy atom. The highest BCUT2D eigenvalue weighted by Gasteiger charge is 2.55. The maximum absolute atomic E-state index is 12.0. The zero-order valence-electron chi connectivity index (χ0n) is 13.3. The van der Waals surface area contributed by atoms with Crippen molar-refractivity contribution in [2.75, 3.05) is 14.2 Å². The van der Waals surface area contributed by atoms with Crippen LogP contribution in [0.1, 0.15) is 12.5 Å². The molecule has 0 saturated carbocycles. The quantitative estimate of drug-likeness (QED) is 0.292. The minimum Gasteiger partial charge on any atom is -0.493 e. The van der Waals surface area contributed by atoms with Crippen molar-refractivity contribution in [3.05, 3.63) is 33.9 Å². The summed E-state index contributed by atoms with van der Waals surface area (Å²) in [7, 11) is 2.87. The molecule has 1 unspecified atom stereocenters. The summed E-state index contributed by atoms with van der Waals surface area (Å²) in [5.74, 6) is -2.42. The summed E-state index contributed by atoms with van der Waals surface area (Å²) < 4.78 is 15.0. The average Bonchev–Trinajstić information content (AvgIpc) is 2.57. The molecular formula is C14H18N2O8. The summed E-state index contributed by atoms with van der Waals surface area (Å²) in [6.45, 7) is 0.585. The van der Waals surface area contributed by atoms with Crippen LogP contribution in [0.3, 0.4) is 0 Å². The molecule has 0 aliphatic rings. The lowest BCUT2D eigenvalue weighted by atomic mass is 9.93. The molecule has 10 heteroatoms. The van der Waals surface area contributed by atoms with Gasteiger partial charge in [0.25, 0.3) is 5.54 Å². The van der Waals surface area contributed by atoms with Gasteiger partial charge in [-0.2, -0.15) is 0 Å². The smallest absolute Gasteiger partial charge is 0.345 e. The van der Waals surface area contributed by atoms with E-state index in [0.29, 0.717) is 17.1 Å². The normalized spacial score (nSPS) is 14.2. The molecule has 0 fully saturated rings. The van der Waals surface area contributed by atoms with Crippen molar-refractivity contribution in [3.63, 3.8) is 0 Å². The molecule has 0 radical (unpaired) electrons. The molecule has 2 atom stereocenters. The first-order valence-electron chi connectivity index (χ1n) is 6.72. The van der Waals surface area contributed by atoms with E-state index in [1.165, 1.54) is 20.3 Å². The van der Waals surface area contributed by atoms with Crippen LogP contribution in [0.4, 0.5) is 0 Å².